The fourth-order valence-electron chi connectivity index (χ4n) is 4.08. The molecule has 0 spiro atoms. The molecular weight excluding hydrogens is 422 g/mol. The number of carbonyl (C=O) groups excluding carboxylic acids is 2. The third kappa shape index (κ3) is 3.94. The minimum atomic E-state index is -0.0845. The smallest absolute Gasteiger partial charge is 0.227 e. The van der Waals surface area contributed by atoms with Gasteiger partial charge in [-0.25, -0.2) is 9.50 Å². The molecule has 1 saturated heterocycles. The van der Waals surface area contributed by atoms with Crippen LogP contribution in [0.3, 0.4) is 0 Å². The fourth-order valence-corrected chi connectivity index (χ4v) is 4.76. The molecule has 0 unspecified atom stereocenters. The predicted octanol–water partition coefficient (Wildman–Crippen LogP) is 3.97. The maximum Gasteiger partial charge on any atom is 0.227 e. The number of anilines is 1. The predicted molar refractivity (Wildman–Crippen MR) is 125 cm³/mol. The highest BCUT2D eigenvalue weighted by molar-refractivity contribution is 7.12. The lowest BCUT2D eigenvalue weighted by Crippen LogP contribution is -2.35. The Morgan fingerprint density at radius 2 is 1.97 bits per heavy atom. The van der Waals surface area contributed by atoms with E-state index in [1.165, 1.54) is 11.3 Å². The van der Waals surface area contributed by atoms with Crippen molar-refractivity contribution in [3.63, 3.8) is 0 Å². The summed E-state index contributed by atoms with van der Waals surface area (Å²) in [5.74, 6) is 0.0243. The van der Waals surface area contributed by atoms with E-state index in [0.29, 0.717) is 16.1 Å². The van der Waals surface area contributed by atoms with Crippen molar-refractivity contribution in [1.29, 1.82) is 0 Å². The number of fused-ring (bicyclic) bond motifs is 1. The Kier molecular flexibility index (Phi) is 5.55. The summed E-state index contributed by atoms with van der Waals surface area (Å²) in [6.07, 6.45) is 5.00. The maximum absolute atomic E-state index is 12.8. The van der Waals surface area contributed by atoms with E-state index in [4.69, 9.17) is 0 Å². The van der Waals surface area contributed by atoms with Crippen LogP contribution >= 0.6 is 11.3 Å². The van der Waals surface area contributed by atoms with Gasteiger partial charge < -0.3 is 10.2 Å². The second kappa shape index (κ2) is 8.64. The summed E-state index contributed by atoms with van der Waals surface area (Å²) in [6, 6.07) is 13.2. The Labute approximate surface area is 189 Å². The van der Waals surface area contributed by atoms with Crippen LogP contribution in [0.2, 0.25) is 0 Å². The Balaban J connectivity index is 1.42. The third-order valence-corrected chi connectivity index (χ3v) is 6.77. The van der Waals surface area contributed by atoms with Gasteiger partial charge in [-0.1, -0.05) is 18.2 Å². The highest BCUT2D eigenvalue weighted by atomic mass is 32.1. The normalized spacial score (nSPS) is 15.2. The number of likely N-dealkylation sites (tertiary alicyclic amines) is 1. The molecular formula is C24H23N5O2S. The van der Waals surface area contributed by atoms with Crippen LogP contribution in [0, 0.1) is 5.92 Å². The van der Waals surface area contributed by atoms with Gasteiger partial charge in [-0.3, -0.25) is 9.59 Å². The molecule has 5 rings (SSSR count). The monoisotopic (exact) mass is 445 g/mol. The van der Waals surface area contributed by atoms with E-state index in [2.05, 4.69) is 27.3 Å². The van der Waals surface area contributed by atoms with Gasteiger partial charge in [0, 0.05) is 23.4 Å². The number of amides is 1. The van der Waals surface area contributed by atoms with E-state index >= 15 is 0 Å². The Bertz CT molecular complexity index is 1270. The van der Waals surface area contributed by atoms with Gasteiger partial charge in [-0.15, -0.1) is 11.3 Å². The van der Waals surface area contributed by atoms with Gasteiger partial charge in [0.05, 0.1) is 22.3 Å². The lowest BCUT2D eigenvalue weighted by Gasteiger charge is -2.28. The number of piperidine rings is 1. The first-order valence-corrected chi connectivity index (χ1v) is 11.5. The molecule has 7 nitrogen and oxygen atoms in total. The number of nitrogens with one attached hydrogen (secondary N) is 1. The summed E-state index contributed by atoms with van der Waals surface area (Å²) in [7, 11) is 2.09. The van der Waals surface area contributed by atoms with Crippen molar-refractivity contribution < 1.29 is 9.59 Å². The van der Waals surface area contributed by atoms with Crippen molar-refractivity contribution in [1.82, 2.24) is 19.5 Å². The van der Waals surface area contributed by atoms with Gasteiger partial charge in [-0.2, -0.15) is 5.10 Å². The summed E-state index contributed by atoms with van der Waals surface area (Å²) < 4.78 is 1.68. The molecule has 0 atom stereocenters. The van der Waals surface area contributed by atoms with Crippen LogP contribution in [-0.2, 0) is 4.79 Å². The topological polar surface area (TPSA) is 79.6 Å². The van der Waals surface area contributed by atoms with Crippen LogP contribution in [0.25, 0.3) is 16.9 Å². The minimum Gasteiger partial charge on any atom is -0.326 e. The largest absolute Gasteiger partial charge is 0.326 e. The number of thiophene rings is 1. The number of carbonyl (C=O) groups is 2. The molecule has 3 aromatic heterocycles. The Hall–Kier alpha value is -3.36. The van der Waals surface area contributed by atoms with Crippen molar-refractivity contribution in [2.24, 2.45) is 5.92 Å². The van der Waals surface area contributed by atoms with Gasteiger partial charge in [0.15, 0.2) is 5.65 Å². The number of rotatable bonds is 5. The van der Waals surface area contributed by atoms with E-state index in [1.807, 2.05) is 41.8 Å². The maximum atomic E-state index is 12.8. The summed E-state index contributed by atoms with van der Waals surface area (Å²) in [5.41, 5.74) is 3.42. The zero-order chi connectivity index (χ0) is 22.1. The first kappa shape index (κ1) is 20.5. The number of nitrogens with zero attached hydrogens (tertiary/aromatic N) is 4. The van der Waals surface area contributed by atoms with E-state index in [-0.39, 0.29) is 17.6 Å². The van der Waals surface area contributed by atoms with Gasteiger partial charge in [0.2, 0.25) is 11.7 Å². The standard InChI is InChI=1S/C24H23N5O2S/c1-28-11-8-16(9-12-28)24(31)27-18-5-2-4-17(14-18)20-7-10-25-23-19(15-26-29(20)23)22(30)21-6-3-13-32-21/h2-7,10,13-16H,8-9,11-12H2,1H3,(H,27,31). The molecule has 4 aromatic rings. The van der Waals surface area contributed by atoms with Crippen LogP contribution in [0.4, 0.5) is 5.69 Å². The number of hydrogen-bond donors (Lipinski definition) is 1. The van der Waals surface area contributed by atoms with Crippen molar-refractivity contribution in [2.45, 2.75) is 12.8 Å². The lowest BCUT2D eigenvalue weighted by molar-refractivity contribution is -0.121. The first-order chi connectivity index (χ1) is 15.6. The van der Waals surface area contributed by atoms with E-state index < -0.39 is 0 Å². The average molecular weight is 446 g/mol. The van der Waals surface area contributed by atoms with Crippen LogP contribution < -0.4 is 5.32 Å². The SMILES string of the molecule is CN1CCC(C(=O)Nc2cccc(-c3ccnc4c(C(=O)c5cccs5)cnn34)c2)CC1. The molecule has 1 amide bonds. The molecule has 1 aromatic carbocycles. The van der Waals surface area contributed by atoms with Crippen molar-refractivity contribution in [2.75, 3.05) is 25.5 Å². The molecule has 1 N–H and O–H groups in total. The van der Waals surface area contributed by atoms with Crippen molar-refractivity contribution in [3.8, 4) is 11.3 Å². The molecule has 1 fully saturated rings. The summed E-state index contributed by atoms with van der Waals surface area (Å²) >= 11 is 1.40. The average Bonchev–Trinajstić information content (AvgIpc) is 3.49. The van der Waals surface area contributed by atoms with Gasteiger partial charge in [-0.05, 0) is 62.6 Å². The molecule has 1 aliphatic heterocycles. The summed E-state index contributed by atoms with van der Waals surface area (Å²) in [5, 5.41) is 9.39. The van der Waals surface area contributed by atoms with E-state index in [9.17, 15) is 9.59 Å². The summed E-state index contributed by atoms with van der Waals surface area (Å²) in [4.78, 5) is 32.9. The van der Waals surface area contributed by atoms with Crippen LogP contribution in [0.15, 0.2) is 60.2 Å². The highest BCUT2D eigenvalue weighted by Gasteiger charge is 2.23. The fraction of sp³-hybridized carbons (Fsp3) is 0.250. The molecule has 1 aliphatic rings. The molecule has 0 bridgehead atoms. The zero-order valence-corrected chi connectivity index (χ0v) is 18.5. The highest BCUT2D eigenvalue weighted by Crippen LogP contribution is 2.26. The Morgan fingerprint density at radius 3 is 2.75 bits per heavy atom. The van der Waals surface area contributed by atoms with Gasteiger partial charge in [0.1, 0.15) is 0 Å². The molecule has 0 radical (unpaired) electrons. The Morgan fingerprint density at radius 1 is 1.12 bits per heavy atom. The number of aromatic nitrogens is 3. The number of hydrogen-bond acceptors (Lipinski definition) is 6. The molecule has 0 aliphatic carbocycles. The van der Waals surface area contributed by atoms with Crippen LogP contribution in [0.1, 0.15) is 28.1 Å². The lowest BCUT2D eigenvalue weighted by atomic mass is 9.96. The summed E-state index contributed by atoms with van der Waals surface area (Å²) in [6.45, 7) is 1.89. The van der Waals surface area contributed by atoms with Crippen molar-refractivity contribution >= 4 is 34.4 Å². The molecule has 8 heteroatoms. The van der Waals surface area contributed by atoms with Crippen molar-refractivity contribution in [3.05, 3.63) is 70.7 Å². The van der Waals surface area contributed by atoms with E-state index in [0.717, 1.165) is 42.9 Å². The molecule has 4 heterocycles. The second-order valence-corrected chi connectivity index (χ2v) is 9.03. The van der Waals surface area contributed by atoms with Gasteiger partial charge in [0.25, 0.3) is 0 Å². The zero-order valence-electron chi connectivity index (χ0n) is 17.7. The quantitative estimate of drug-likeness (QED) is 0.470. The number of benzene rings is 1. The second-order valence-electron chi connectivity index (χ2n) is 8.08. The molecule has 0 saturated carbocycles. The third-order valence-electron chi connectivity index (χ3n) is 5.91. The van der Waals surface area contributed by atoms with Gasteiger partial charge >= 0.3 is 0 Å². The number of ketones is 1. The minimum absolute atomic E-state index is 0.0411. The van der Waals surface area contributed by atoms with Crippen LogP contribution in [-0.4, -0.2) is 51.3 Å². The van der Waals surface area contributed by atoms with E-state index in [1.54, 1.807) is 23.0 Å². The first-order valence-electron chi connectivity index (χ1n) is 10.6. The van der Waals surface area contributed by atoms with Crippen LogP contribution in [0.5, 0.6) is 0 Å². The molecule has 32 heavy (non-hydrogen) atoms. The molecule has 162 valence electrons.